The summed E-state index contributed by atoms with van der Waals surface area (Å²) in [6.07, 6.45) is 0. The number of hydrogen-bond acceptors (Lipinski definition) is 2. The average Bonchev–Trinajstić information content (AvgIpc) is 3.29. The van der Waals surface area contributed by atoms with Crippen molar-refractivity contribution in [2.24, 2.45) is 7.05 Å². The molecule has 3 heteroatoms. The van der Waals surface area contributed by atoms with E-state index in [0.717, 1.165) is 16.9 Å². The SMILES string of the molecule is COc1ccc(C2c3cc(O)ccc3C(c3ccccc3)(c3ccccc3)c3c2c2ccccc2n3C)cc1. The molecule has 0 amide bonds. The number of aryl methyl sites for hydroxylation is 1. The third-order valence-corrected chi connectivity index (χ3v) is 8.40. The summed E-state index contributed by atoms with van der Waals surface area (Å²) < 4.78 is 7.88. The van der Waals surface area contributed by atoms with Gasteiger partial charge in [-0.05, 0) is 63.7 Å². The quantitative estimate of drug-likeness (QED) is 0.264. The van der Waals surface area contributed by atoms with Gasteiger partial charge < -0.3 is 14.4 Å². The number of methoxy groups -OCH3 is 1. The summed E-state index contributed by atoms with van der Waals surface area (Å²) in [7, 11) is 3.89. The van der Waals surface area contributed by atoms with Crippen LogP contribution in [0.25, 0.3) is 10.9 Å². The molecule has 1 aliphatic rings. The van der Waals surface area contributed by atoms with Gasteiger partial charge in [-0.15, -0.1) is 0 Å². The number of phenols is 1. The second-order valence-corrected chi connectivity index (χ2v) is 10.3. The summed E-state index contributed by atoms with van der Waals surface area (Å²) >= 11 is 0. The Balaban J connectivity index is 1.71. The maximum atomic E-state index is 10.9. The number of phenolic OH excluding ortho intramolecular Hbond substituents is 1. The van der Waals surface area contributed by atoms with Crippen LogP contribution in [-0.2, 0) is 12.5 Å². The van der Waals surface area contributed by atoms with Crippen LogP contribution in [0.15, 0.2) is 127 Å². The summed E-state index contributed by atoms with van der Waals surface area (Å²) in [4.78, 5) is 0. The van der Waals surface area contributed by atoms with Crippen LogP contribution < -0.4 is 4.74 Å². The highest BCUT2D eigenvalue weighted by Gasteiger charge is 2.49. The normalized spacial score (nSPS) is 15.5. The van der Waals surface area contributed by atoms with Gasteiger partial charge in [0.25, 0.3) is 0 Å². The second kappa shape index (κ2) is 8.92. The molecule has 0 bridgehead atoms. The van der Waals surface area contributed by atoms with Gasteiger partial charge in [-0.1, -0.05) is 97.1 Å². The first-order valence-corrected chi connectivity index (χ1v) is 13.3. The number of aromatic nitrogens is 1. The zero-order chi connectivity index (χ0) is 26.6. The average molecular weight is 508 g/mol. The molecule has 1 aliphatic carbocycles. The van der Waals surface area contributed by atoms with Crippen molar-refractivity contribution >= 4 is 10.9 Å². The summed E-state index contributed by atoms with van der Waals surface area (Å²) in [5, 5.41) is 12.1. The van der Waals surface area contributed by atoms with E-state index in [4.69, 9.17) is 4.74 Å². The summed E-state index contributed by atoms with van der Waals surface area (Å²) in [5.41, 5.74) is 8.96. The zero-order valence-electron chi connectivity index (χ0n) is 22.0. The number of fused-ring (bicyclic) bond motifs is 4. The maximum absolute atomic E-state index is 10.9. The Hall–Kier alpha value is -4.76. The highest BCUT2D eigenvalue weighted by Crippen LogP contribution is 2.58. The van der Waals surface area contributed by atoms with Crippen LogP contribution >= 0.6 is 0 Å². The topological polar surface area (TPSA) is 34.4 Å². The van der Waals surface area contributed by atoms with Gasteiger partial charge in [-0.2, -0.15) is 0 Å². The molecule has 0 saturated carbocycles. The van der Waals surface area contributed by atoms with Crippen LogP contribution in [0.2, 0.25) is 0 Å². The summed E-state index contributed by atoms with van der Waals surface area (Å²) in [6, 6.07) is 44.5. The zero-order valence-corrected chi connectivity index (χ0v) is 22.0. The smallest absolute Gasteiger partial charge is 0.118 e. The van der Waals surface area contributed by atoms with Crippen molar-refractivity contribution in [1.82, 2.24) is 4.57 Å². The lowest BCUT2D eigenvalue weighted by Gasteiger charge is -2.44. The lowest BCUT2D eigenvalue weighted by atomic mass is 9.58. The van der Waals surface area contributed by atoms with E-state index in [1.807, 2.05) is 24.3 Å². The molecule has 190 valence electrons. The van der Waals surface area contributed by atoms with Crippen molar-refractivity contribution in [3.05, 3.63) is 166 Å². The molecule has 3 nitrogen and oxygen atoms in total. The lowest BCUT2D eigenvalue weighted by Crippen LogP contribution is -2.39. The molecular formula is C36H29NO2. The first-order valence-electron chi connectivity index (χ1n) is 13.3. The van der Waals surface area contributed by atoms with Gasteiger partial charge in [0.05, 0.1) is 12.5 Å². The van der Waals surface area contributed by atoms with Crippen molar-refractivity contribution < 1.29 is 9.84 Å². The molecule has 0 saturated heterocycles. The van der Waals surface area contributed by atoms with Gasteiger partial charge in [0, 0.05) is 29.6 Å². The minimum atomic E-state index is -0.586. The van der Waals surface area contributed by atoms with Gasteiger partial charge in [0.1, 0.15) is 11.5 Å². The van der Waals surface area contributed by atoms with Crippen LogP contribution in [0, 0.1) is 0 Å². The van der Waals surface area contributed by atoms with Crippen LogP contribution in [0.4, 0.5) is 0 Å². The van der Waals surface area contributed by atoms with Crippen molar-refractivity contribution in [3.63, 3.8) is 0 Å². The molecule has 1 aromatic heterocycles. The fraction of sp³-hybridized carbons (Fsp3) is 0.111. The van der Waals surface area contributed by atoms with E-state index in [0.29, 0.717) is 0 Å². The Labute approximate surface area is 228 Å². The molecule has 0 aliphatic heterocycles. The van der Waals surface area contributed by atoms with E-state index < -0.39 is 5.41 Å². The lowest BCUT2D eigenvalue weighted by molar-refractivity contribution is 0.414. The van der Waals surface area contributed by atoms with Crippen molar-refractivity contribution in [1.29, 1.82) is 0 Å². The van der Waals surface area contributed by atoms with Crippen LogP contribution in [0.3, 0.4) is 0 Å². The molecule has 0 radical (unpaired) electrons. The maximum Gasteiger partial charge on any atom is 0.118 e. The predicted molar refractivity (Wildman–Crippen MR) is 157 cm³/mol. The number of para-hydroxylation sites is 1. The Morgan fingerprint density at radius 2 is 1.33 bits per heavy atom. The van der Waals surface area contributed by atoms with E-state index in [2.05, 4.69) is 115 Å². The molecule has 5 aromatic carbocycles. The Morgan fingerprint density at radius 3 is 1.97 bits per heavy atom. The Bertz CT molecular complexity index is 1760. The fourth-order valence-corrected chi connectivity index (χ4v) is 6.85. The minimum absolute atomic E-state index is 0.0698. The standard InChI is InChI=1S/C36H29NO2/c1-37-32-16-10-9-15-29(32)34-33(24-17-20-28(39-2)21-18-24)30-23-27(38)19-22-31(30)36(35(34)37,25-11-5-3-6-12-25)26-13-7-4-8-14-26/h3-23,33,38H,1-2H3. The molecule has 1 heterocycles. The monoisotopic (exact) mass is 507 g/mol. The Morgan fingerprint density at radius 1 is 0.718 bits per heavy atom. The molecule has 1 unspecified atom stereocenters. The van der Waals surface area contributed by atoms with Gasteiger partial charge in [0.2, 0.25) is 0 Å². The van der Waals surface area contributed by atoms with Crippen LogP contribution in [-0.4, -0.2) is 16.8 Å². The molecule has 7 rings (SSSR count). The highest BCUT2D eigenvalue weighted by atomic mass is 16.5. The number of rotatable bonds is 4. The minimum Gasteiger partial charge on any atom is -0.508 e. The first kappa shape index (κ1) is 23.4. The molecule has 6 aromatic rings. The molecule has 1 atom stereocenters. The third-order valence-electron chi connectivity index (χ3n) is 8.40. The van der Waals surface area contributed by atoms with Crippen molar-refractivity contribution in [2.45, 2.75) is 11.3 Å². The van der Waals surface area contributed by atoms with Crippen molar-refractivity contribution in [3.8, 4) is 11.5 Å². The molecule has 0 fully saturated rings. The summed E-state index contributed by atoms with van der Waals surface area (Å²) in [5.74, 6) is 1.03. The Kier molecular flexibility index (Phi) is 5.34. The second-order valence-electron chi connectivity index (χ2n) is 10.3. The summed E-state index contributed by atoms with van der Waals surface area (Å²) in [6.45, 7) is 0. The first-order chi connectivity index (χ1) is 19.1. The fourth-order valence-electron chi connectivity index (χ4n) is 6.85. The number of benzene rings is 5. The molecule has 39 heavy (non-hydrogen) atoms. The molecule has 0 spiro atoms. The van der Waals surface area contributed by atoms with Gasteiger partial charge in [-0.25, -0.2) is 0 Å². The van der Waals surface area contributed by atoms with E-state index in [1.165, 1.54) is 38.9 Å². The number of ether oxygens (including phenoxy) is 1. The van der Waals surface area contributed by atoms with Crippen LogP contribution in [0.5, 0.6) is 11.5 Å². The van der Waals surface area contributed by atoms with Crippen molar-refractivity contribution in [2.75, 3.05) is 7.11 Å². The van der Waals surface area contributed by atoms with Crippen LogP contribution in [0.1, 0.15) is 45.0 Å². The van der Waals surface area contributed by atoms with Gasteiger partial charge >= 0.3 is 0 Å². The largest absolute Gasteiger partial charge is 0.508 e. The number of aromatic hydroxyl groups is 1. The van der Waals surface area contributed by atoms with E-state index in [1.54, 1.807) is 7.11 Å². The third kappa shape index (κ3) is 3.29. The highest BCUT2D eigenvalue weighted by molar-refractivity contribution is 5.91. The van der Waals surface area contributed by atoms with E-state index in [-0.39, 0.29) is 11.7 Å². The predicted octanol–water partition coefficient (Wildman–Crippen LogP) is 7.77. The van der Waals surface area contributed by atoms with E-state index >= 15 is 0 Å². The van der Waals surface area contributed by atoms with E-state index in [9.17, 15) is 5.11 Å². The molecular weight excluding hydrogens is 478 g/mol. The molecule has 1 N–H and O–H groups in total. The van der Waals surface area contributed by atoms with Gasteiger partial charge in [-0.3, -0.25) is 0 Å². The number of nitrogens with zero attached hydrogens (tertiary/aromatic N) is 1. The number of hydrogen-bond donors (Lipinski definition) is 1. The van der Waals surface area contributed by atoms with Gasteiger partial charge in [0.15, 0.2) is 0 Å².